The summed E-state index contributed by atoms with van der Waals surface area (Å²) < 4.78 is 11.7. The highest BCUT2D eigenvalue weighted by Crippen LogP contribution is 2.30. The van der Waals surface area contributed by atoms with Crippen LogP contribution in [0.2, 0.25) is 0 Å². The predicted molar refractivity (Wildman–Crippen MR) is 133 cm³/mol. The fraction of sp³-hybridized carbons (Fsp3) is 0.593. The number of likely N-dealkylation sites (tertiary alicyclic amines) is 1. The Morgan fingerprint density at radius 2 is 1.91 bits per heavy atom. The van der Waals surface area contributed by atoms with Crippen LogP contribution in [0.15, 0.2) is 42.0 Å². The Labute approximate surface area is 207 Å². The number of benzene rings is 1. The molecule has 0 aromatic heterocycles. The maximum Gasteiger partial charge on any atom is 0.410 e. The molecule has 8 heteroatoms. The van der Waals surface area contributed by atoms with Gasteiger partial charge in [-0.05, 0) is 65.0 Å². The number of anilines is 1. The minimum atomic E-state index is -0.876. The molecule has 3 unspecified atom stereocenters. The highest BCUT2D eigenvalue weighted by Gasteiger charge is 2.49. The molecule has 2 aliphatic heterocycles. The van der Waals surface area contributed by atoms with Gasteiger partial charge in [-0.25, -0.2) is 4.79 Å². The van der Waals surface area contributed by atoms with E-state index in [4.69, 9.17) is 9.47 Å². The number of para-hydroxylation sites is 1. The smallest absolute Gasteiger partial charge is 0.410 e. The molecule has 3 amide bonds. The van der Waals surface area contributed by atoms with Crippen LogP contribution in [-0.4, -0.2) is 71.2 Å². The van der Waals surface area contributed by atoms with Crippen molar-refractivity contribution in [1.29, 1.82) is 0 Å². The van der Waals surface area contributed by atoms with Gasteiger partial charge < -0.3 is 24.6 Å². The first-order valence-electron chi connectivity index (χ1n) is 12.7. The summed E-state index contributed by atoms with van der Waals surface area (Å²) in [6, 6.07) is 8.92. The topological polar surface area (TPSA) is 88.2 Å². The second-order valence-electron chi connectivity index (χ2n) is 10.6. The molecule has 2 saturated heterocycles. The largest absolute Gasteiger partial charge is 0.444 e. The summed E-state index contributed by atoms with van der Waals surface area (Å²) in [6.45, 7) is 6.77. The van der Waals surface area contributed by atoms with Gasteiger partial charge in [0, 0.05) is 18.8 Å². The van der Waals surface area contributed by atoms with Crippen molar-refractivity contribution in [3.63, 3.8) is 0 Å². The Hall–Kier alpha value is -2.87. The molecule has 35 heavy (non-hydrogen) atoms. The van der Waals surface area contributed by atoms with Crippen molar-refractivity contribution in [1.82, 2.24) is 9.80 Å². The van der Waals surface area contributed by atoms with Crippen molar-refractivity contribution < 1.29 is 23.9 Å². The minimum Gasteiger partial charge on any atom is -0.444 e. The molecule has 0 radical (unpaired) electrons. The Bertz CT molecular complexity index is 955. The summed E-state index contributed by atoms with van der Waals surface area (Å²) in [7, 11) is 0. The van der Waals surface area contributed by atoms with E-state index in [1.807, 2.05) is 43.9 Å². The normalized spacial score (nSPS) is 24.6. The maximum atomic E-state index is 13.5. The Morgan fingerprint density at radius 1 is 1.14 bits per heavy atom. The summed E-state index contributed by atoms with van der Waals surface area (Å²) in [6.07, 6.45) is 5.96. The van der Waals surface area contributed by atoms with E-state index in [-0.39, 0.29) is 30.4 Å². The lowest BCUT2D eigenvalue weighted by molar-refractivity contribution is -0.168. The molecule has 4 rings (SSSR count). The first-order chi connectivity index (χ1) is 16.7. The average molecular weight is 484 g/mol. The second kappa shape index (κ2) is 10.8. The van der Waals surface area contributed by atoms with Crippen molar-refractivity contribution in [2.45, 2.75) is 83.1 Å². The lowest BCUT2D eigenvalue weighted by Crippen LogP contribution is -2.58. The summed E-state index contributed by atoms with van der Waals surface area (Å²) in [4.78, 5) is 42.4. The van der Waals surface area contributed by atoms with Gasteiger partial charge in [0.2, 0.25) is 5.91 Å². The zero-order chi connectivity index (χ0) is 25.0. The summed E-state index contributed by atoms with van der Waals surface area (Å²) >= 11 is 0. The molecule has 2 heterocycles. The summed E-state index contributed by atoms with van der Waals surface area (Å²) in [5.41, 5.74) is 1.45. The third-order valence-corrected chi connectivity index (χ3v) is 6.67. The van der Waals surface area contributed by atoms with E-state index in [0.29, 0.717) is 25.3 Å². The number of hydrogen-bond acceptors (Lipinski definition) is 5. The van der Waals surface area contributed by atoms with Gasteiger partial charge in [-0.1, -0.05) is 29.8 Å². The standard InChI is InChI=1S/C27H37N3O5/c1-27(2,3)35-26(33)29-17-21-23(18-29)34-22(16-24(31)28-20-12-8-5-9-13-20)25(32)30(21)15-14-19-10-6-4-7-11-19/h5,8-10,12-13,21-23H,4,6-7,11,14-18H2,1-3H3,(H,28,31). The van der Waals surface area contributed by atoms with Gasteiger partial charge in [0.05, 0.1) is 25.1 Å². The van der Waals surface area contributed by atoms with Gasteiger partial charge in [0.25, 0.3) is 5.91 Å². The van der Waals surface area contributed by atoms with Crippen LogP contribution >= 0.6 is 0 Å². The number of fused-ring (bicyclic) bond motifs is 1. The molecule has 0 saturated carbocycles. The van der Waals surface area contributed by atoms with Crippen molar-refractivity contribution in [3.05, 3.63) is 42.0 Å². The van der Waals surface area contributed by atoms with E-state index in [1.165, 1.54) is 18.4 Å². The zero-order valence-corrected chi connectivity index (χ0v) is 21.0. The van der Waals surface area contributed by atoms with Gasteiger partial charge >= 0.3 is 6.09 Å². The number of allylic oxidation sites excluding steroid dienone is 1. The number of amides is 3. The third kappa shape index (κ3) is 6.63. The van der Waals surface area contributed by atoms with Crippen molar-refractivity contribution in [3.8, 4) is 0 Å². The fourth-order valence-electron chi connectivity index (χ4n) is 4.99. The lowest BCUT2D eigenvalue weighted by atomic mass is 9.96. The molecule has 3 aliphatic rings. The van der Waals surface area contributed by atoms with E-state index in [9.17, 15) is 14.4 Å². The van der Waals surface area contributed by atoms with Crippen LogP contribution in [0, 0.1) is 0 Å². The van der Waals surface area contributed by atoms with Crippen LogP contribution < -0.4 is 5.32 Å². The van der Waals surface area contributed by atoms with Crippen LogP contribution in [-0.2, 0) is 19.1 Å². The van der Waals surface area contributed by atoms with E-state index in [2.05, 4.69) is 11.4 Å². The molecule has 190 valence electrons. The number of ether oxygens (including phenoxy) is 2. The number of carbonyl (C=O) groups excluding carboxylic acids is 3. The zero-order valence-electron chi connectivity index (χ0n) is 21.0. The van der Waals surface area contributed by atoms with E-state index in [0.717, 1.165) is 19.3 Å². The van der Waals surface area contributed by atoms with Crippen LogP contribution in [0.25, 0.3) is 0 Å². The molecule has 0 spiro atoms. The lowest BCUT2D eigenvalue weighted by Gasteiger charge is -2.40. The first-order valence-corrected chi connectivity index (χ1v) is 12.7. The number of nitrogens with zero attached hydrogens (tertiary/aromatic N) is 2. The molecule has 3 atom stereocenters. The molecular formula is C27H37N3O5. The first kappa shape index (κ1) is 25.2. The van der Waals surface area contributed by atoms with Gasteiger partial charge in [0.1, 0.15) is 11.7 Å². The molecular weight excluding hydrogens is 446 g/mol. The number of carbonyl (C=O) groups is 3. The Kier molecular flexibility index (Phi) is 7.79. The van der Waals surface area contributed by atoms with Crippen LogP contribution in [0.5, 0.6) is 0 Å². The quantitative estimate of drug-likeness (QED) is 0.615. The molecule has 8 nitrogen and oxygen atoms in total. The third-order valence-electron chi connectivity index (χ3n) is 6.67. The number of rotatable bonds is 6. The predicted octanol–water partition coefficient (Wildman–Crippen LogP) is 4.12. The molecule has 2 fully saturated rings. The van der Waals surface area contributed by atoms with Gasteiger partial charge in [-0.3, -0.25) is 9.59 Å². The second-order valence-corrected chi connectivity index (χ2v) is 10.6. The summed E-state index contributed by atoms with van der Waals surface area (Å²) in [5.74, 6) is -0.457. The van der Waals surface area contributed by atoms with Crippen LogP contribution in [0.3, 0.4) is 0 Å². The van der Waals surface area contributed by atoms with Crippen molar-refractivity contribution in [2.24, 2.45) is 0 Å². The fourth-order valence-corrected chi connectivity index (χ4v) is 4.99. The monoisotopic (exact) mass is 483 g/mol. The van der Waals surface area contributed by atoms with Gasteiger partial charge in [0.15, 0.2) is 0 Å². The molecule has 1 aromatic carbocycles. The molecule has 1 aromatic rings. The number of nitrogens with one attached hydrogen (secondary N) is 1. The SMILES string of the molecule is CC(C)(C)OC(=O)N1CC2OC(CC(=O)Nc3ccccc3)C(=O)N(CCC3=CCCCC3)C2C1. The molecule has 1 aliphatic carbocycles. The number of hydrogen-bond donors (Lipinski definition) is 1. The van der Waals surface area contributed by atoms with Crippen LogP contribution in [0.1, 0.15) is 59.3 Å². The van der Waals surface area contributed by atoms with Gasteiger partial charge in [-0.15, -0.1) is 0 Å². The average Bonchev–Trinajstić information content (AvgIpc) is 3.23. The summed E-state index contributed by atoms with van der Waals surface area (Å²) in [5, 5.41) is 2.84. The number of morpholine rings is 1. The molecule has 0 bridgehead atoms. The van der Waals surface area contributed by atoms with Gasteiger partial charge in [-0.2, -0.15) is 0 Å². The minimum absolute atomic E-state index is 0.0669. The maximum absolute atomic E-state index is 13.5. The Morgan fingerprint density at radius 3 is 2.60 bits per heavy atom. The Balaban J connectivity index is 1.46. The van der Waals surface area contributed by atoms with Crippen molar-refractivity contribution in [2.75, 3.05) is 25.0 Å². The molecule has 1 N–H and O–H groups in total. The highest BCUT2D eigenvalue weighted by atomic mass is 16.6. The van der Waals surface area contributed by atoms with E-state index in [1.54, 1.807) is 17.0 Å². The van der Waals surface area contributed by atoms with E-state index >= 15 is 0 Å². The highest BCUT2D eigenvalue weighted by molar-refractivity contribution is 5.95. The van der Waals surface area contributed by atoms with Crippen LogP contribution in [0.4, 0.5) is 10.5 Å². The van der Waals surface area contributed by atoms with E-state index < -0.39 is 17.8 Å². The van der Waals surface area contributed by atoms with Crippen molar-refractivity contribution >= 4 is 23.6 Å².